The zero-order valence-corrected chi connectivity index (χ0v) is 25.1. The molecule has 218 valence electrons. The van der Waals surface area contributed by atoms with Crippen molar-refractivity contribution in [1.82, 2.24) is 4.90 Å². The summed E-state index contributed by atoms with van der Waals surface area (Å²) in [4.78, 5) is 30.0. The lowest BCUT2D eigenvalue weighted by Gasteiger charge is -2.44. The van der Waals surface area contributed by atoms with Gasteiger partial charge < -0.3 is 23.7 Å². The van der Waals surface area contributed by atoms with Crippen LogP contribution in [0.4, 0.5) is 0 Å². The van der Waals surface area contributed by atoms with Gasteiger partial charge in [0.05, 0.1) is 30.6 Å². The number of ether oxygens (including phenoxy) is 5. The van der Waals surface area contributed by atoms with Crippen molar-refractivity contribution in [3.63, 3.8) is 0 Å². The second-order valence-corrected chi connectivity index (χ2v) is 14.3. The summed E-state index contributed by atoms with van der Waals surface area (Å²) in [6.07, 6.45) is 6.49. The Hall–Kier alpha value is -2.23. The zero-order valence-electron chi connectivity index (χ0n) is 24.2. The largest absolute Gasteiger partial charge is 0.497 e. The van der Waals surface area contributed by atoms with Gasteiger partial charge in [-0.1, -0.05) is 25.6 Å². The highest BCUT2D eigenvalue weighted by molar-refractivity contribution is 8.14. The molecule has 4 unspecified atom stereocenters. The summed E-state index contributed by atoms with van der Waals surface area (Å²) in [5.41, 5.74) is 0.112. The monoisotopic (exact) mass is 571 g/mol. The van der Waals surface area contributed by atoms with E-state index in [2.05, 4.69) is 23.1 Å². The average molecular weight is 572 g/mol. The van der Waals surface area contributed by atoms with Crippen LogP contribution in [0, 0.1) is 0 Å². The molecule has 1 aliphatic carbocycles. The number of carbonyl (C=O) groups is 2. The van der Waals surface area contributed by atoms with Crippen molar-refractivity contribution in [3.8, 4) is 11.5 Å². The van der Waals surface area contributed by atoms with E-state index < -0.39 is 23.3 Å². The number of hydrogen-bond acceptors (Lipinski definition) is 9. The minimum atomic E-state index is -1.33. The second kappa shape index (κ2) is 10.2. The van der Waals surface area contributed by atoms with E-state index in [9.17, 15) is 9.59 Å². The molecular weight excluding hydrogens is 530 g/mol. The predicted molar refractivity (Wildman–Crippen MR) is 152 cm³/mol. The fourth-order valence-corrected chi connectivity index (χ4v) is 8.47. The first-order chi connectivity index (χ1) is 19.1. The van der Waals surface area contributed by atoms with Crippen LogP contribution < -0.4 is 9.47 Å². The molecule has 0 N–H and O–H groups in total. The number of rotatable bonds is 6. The molecule has 0 aromatic heterocycles. The van der Waals surface area contributed by atoms with E-state index in [1.165, 1.54) is 17.3 Å². The second-order valence-electron chi connectivity index (χ2n) is 12.7. The van der Waals surface area contributed by atoms with Crippen molar-refractivity contribution in [2.75, 3.05) is 27.0 Å². The van der Waals surface area contributed by atoms with Gasteiger partial charge in [0.2, 0.25) is 6.79 Å². The van der Waals surface area contributed by atoms with Crippen LogP contribution in [0.5, 0.6) is 11.5 Å². The summed E-state index contributed by atoms with van der Waals surface area (Å²) in [7, 11) is 1.65. The van der Waals surface area contributed by atoms with Crippen LogP contribution in [0.25, 0.3) is 0 Å². The summed E-state index contributed by atoms with van der Waals surface area (Å²) in [5.74, 6) is 1.50. The lowest BCUT2D eigenvalue weighted by molar-refractivity contribution is -0.213. The normalized spacial score (nSPS) is 32.1. The third-order valence-corrected chi connectivity index (χ3v) is 10.1. The summed E-state index contributed by atoms with van der Waals surface area (Å²) in [5, 5.41) is 0.0724. The molecule has 0 amide bonds. The highest BCUT2D eigenvalue weighted by Crippen LogP contribution is 2.56. The third-order valence-electron chi connectivity index (χ3n) is 9.20. The molecule has 4 aliphatic heterocycles. The lowest BCUT2D eigenvalue weighted by atomic mass is 9.77. The van der Waals surface area contributed by atoms with Crippen molar-refractivity contribution in [3.05, 3.63) is 35.1 Å². The molecule has 1 spiro atoms. The van der Waals surface area contributed by atoms with Crippen LogP contribution >= 0.6 is 11.8 Å². The van der Waals surface area contributed by atoms with Crippen LogP contribution in [0.15, 0.2) is 24.0 Å². The number of hydrogen-bond donors (Lipinski definition) is 0. The predicted octanol–water partition coefficient (Wildman–Crippen LogP) is 5.12. The fourth-order valence-electron chi connectivity index (χ4n) is 7.63. The number of benzene rings is 1. The molecule has 0 saturated carbocycles. The van der Waals surface area contributed by atoms with Crippen molar-refractivity contribution < 1.29 is 33.3 Å². The molecule has 2 fully saturated rings. The van der Waals surface area contributed by atoms with Gasteiger partial charge in [0.1, 0.15) is 5.76 Å². The molecule has 40 heavy (non-hydrogen) atoms. The molecule has 0 radical (unpaired) electrons. The SMILES string of the molecule is COC1=CC23CCCN2CCc2cc4c(cc2C3C1OC(=O)C1(CC(=O)SC(C)C)CCCC(C)(C)O1)OCO4. The van der Waals surface area contributed by atoms with Gasteiger partial charge in [0.15, 0.2) is 28.3 Å². The summed E-state index contributed by atoms with van der Waals surface area (Å²) >= 11 is 1.25. The first-order valence-corrected chi connectivity index (χ1v) is 15.5. The van der Waals surface area contributed by atoms with Gasteiger partial charge in [0.25, 0.3) is 0 Å². The Kier molecular flexibility index (Phi) is 7.15. The molecule has 4 heterocycles. The minimum absolute atomic E-state index is 0.00588. The lowest BCUT2D eigenvalue weighted by Crippen LogP contribution is -2.54. The molecule has 1 aromatic rings. The van der Waals surface area contributed by atoms with E-state index in [1.54, 1.807) is 7.11 Å². The van der Waals surface area contributed by atoms with E-state index in [4.69, 9.17) is 23.7 Å². The molecular formula is C31H41NO7S. The smallest absolute Gasteiger partial charge is 0.339 e. The fraction of sp³-hybridized carbons (Fsp3) is 0.677. The van der Waals surface area contributed by atoms with E-state index in [1.807, 2.05) is 27.7 Å². The summed E-state index contributed by atoms with van der Waals surface area (Å²) in [6.45, 7) is 10.0. The Morgan fingerprint density at radius 2 is 1.88 bits per heavy atom. The number of methoxy groups -OCH3 is 1. The van der Waals surface area contributed by atoms with Crippen molar-refractivity contribution >= 4 is 22.8 Å². The first-order valence-electron chi connectivity index (χ1n) is 14.6. The van der Waals surface area contributed by atoms with Gasteiger partial charge >= 0.3 is 5.97 Å². The highest BCUT2D eigenvalue weighted by atomic mass is 32.2. The van der Waals surface area contributed by atoms with E-state index in [0.717, 1.165) is 62.3 Å². The first kappa shape index (κ1) is 27.9. The van der Waals surface area contributed by atoms with Crippen LogP contribution in [0.3, 0.4) is 0 Å². The number of thioether (sulfide) groups is 1. The molecule has 8 nitrogen and oxygen atoms in total. The zero-order chi connectivity index (χ0) is 28.3. The molecule has 6 rings (SSSR count). The molecule has 1 aromatic carbocycles. The van der Waals surface area contributed by atoms with Crippen molar-refractivity contribution in [1.29, 1.82) is 0 Å². The van der Waals surface area contributed by atoms with Gasteiger partial charge in [0, 0.05) is 11.8 Å². The molecule has 9 heteroatoms. The molecule has 5 aliphatic rings. The molecule has 4 atom stereocenters. The van der Waals surface area contributed by atoms with Crippen LogP contribution in [-0.4, -0.2) is 71.1 Å². The number of esters is 1. The standard InChI is InChI=1S/C31H41NO7S/c1-19(2)40-25(33)17-31(11-6-9-29(3,4)39-31)28(34)38-27-24(35-5)16-30-10-7-12-32(30)13-8-20-14-22-23(37-18-36-22)15-21(20)26(27)30/h14-16,19,26-27H,6-13,17-18H2,1-5H3. The van der Waals surface area contributed by atoms with E-state index >= 15 is 0 Å². The minimum Gasteiger partial charge on any atom is -0.497 e. The van der Waals surface area contributed by atoms with Crippen molar-refractivity contribution in [2.24, 2.45) is 0 Å². The Morgan fingerprint density at radius 3 is 2.60 bits per heavy atom. The third kappa shape index (κ3) is 4.71. The Balaban J connectivity index is 1.39. The van der Waals surface area contributed by atoms with Gasteiger partial charge in [-0.05, 0) is 88.3 Å². The van der Waals surface area contributed by atoms with Gasteiger partial charge in [-0.15, -0.1) is 0 Å². The van der Waals surface area contributed by atoms with Gasteiger partial charge in [-0.25, -0.2) is 4.79 Å². The van der Waals surface area contributed by atoms with Crippen LogP contribution in [0.1, 0.15) is 83.3 Å². The maximum Gasteiger partial charge on any atom is 0.339 e. The summed E-state index contributed by atoms with van der Waals surface area (Å²) < 4.78 is 30.5. The number of nitrogens with zero attached hydrogens (tertiary/aromatic N) is 1. The topological polar surface area (TPSA) is 83.5 Å². The summed E-state index contributed by atoms with van der Waals surface area (Å²) in [6, 6.07) is 4.17. The molecule has 0 bridgehead atoms. The maximum absolute atomic E-state index is 14.3. The number of fused-ring (bicyclic) bond motifs is 3. The van der Waals surface area contributed by atoms with E-state index in [0.29, 0.717) is 12.2 Å². The van der Waals surface area contributed by atoms with Gasteiger partial charge in [-0.2, -0.15) is 0 Å². The highest BCUT2D eigenvalue weighted by Gasteiger charge is 2.59. The van der Waals surface area contributed by atoms with Crippen LogP contribution in [0.2, 0.25) is 0 Å². The molecule has 2 saturated heterocycles. The quantitative estimate of drug-likeness (QED) is 0.432. The van der Waals surface area contributed by atoms with Crippen LogP contribution in [-0.2, 0) is 30.2 Å². The Bertz CT molecular complexity index is 1230. The van der Waals surface area contributed by atoms with Crippen molar-refractivity contribution in [2.45, 2.75) is 107 Å². The maximum atomic E-state index is 14.3. The van der Waals surface area contributed by atoms with E-state index in [-0.39, 0.29) is 35.0 Å². The van der Waals surface area contributed by atoms with Gasteiger partial charge in [-0.3, -0.25) is 9.69 Å². The number of carbonyl (C=O) groups excluding carboxylic acids is 2. The average Bonchev–Trinajstić information content (AvgIpc) is 3.56. The Morgan fingerprint density at radius 1 is 1.10 bits per heavy atom. The Labute approximate surface area is 241 Å².